The van der Waals surface area contributed by atoms with Gasteiger partial charge in [0.15, 0.2) is 5.13 Å². The second-order valence-corrected chi connectivity index (χ2v) is 7.21. The number of aromatic nitrogens is 1. The van der Waals surface area contributed by atoms with E-state index in [1.807, 2.05) is 0 Å². The van der Waals surface area contributed by atoms with Crippen LogP contribution in [0.25, 0.3) is 0 Å². The van der Waals surface area contributed by atoms with Crippen LogP contribution in [0.4, 0.5) is 5.13 Å². The lowest BCUT2D eigenvalue weighted by atomic mass is 9.99. The Morgan fingerprint density at radius 3 is 2.85 bits per heavy atom. The molecule has 1 atom stereocenters. The van der Waals surface area contributed by atoms with Gasteiger partial charge in [0.05, 0.1) is 5.69 Å². The van der Waals surface area contributed by atoms with Gasteiger partial charge in [-0.15, -0.1) is 0 Å². The van der Waals surface area contributed by atoms with Gasteiger partial charge in [0.1, 0.15) is 0 Å². The number of hydrogen-bond acceptors (Lipinski definition) is 4. The van der Waals surface area contributed by atoms with Crippen molar-refractivity contribution in [1.82, 2.24) is 4.98 Å². The molecule has 1 aliphatic carbocycles. The lowest BCUT2D eigenvalue weighted by Crippen LogP contribution is -2.16. The van der Waals surface area contributed by atoms with E-state index in [9.17, 15) is 0 Å². The number of nitrogens with zero attached hydrogens (tertiary/aromatic N) is 2. The summed E-state index contributed by atoms with van der Waals surface area (Å²) < 4.78 is 1.11. The second kappa shape index (κ2) is 5.84. The molecule has 0 saturated heterocycles. The van der Waals surface area contributed by atoms with Gasteiger partial charge in [-0.25, -0.2) is 4.98 Å². The largest absolute Gasteiger partial charge is 0.347 e. The highest BCUT2D eigenvalue weighted by atomic mass is 79.9. The first-order valence-corrected chi connectivity index (χ1v) is 8.45. The van der Waals surface area contributed by atoms with Crippen molar-refractivity contribution >= 4 is 32.4 Å². The molecular formula is C15H18BrN3S. The molecule has 0 spiro atoms. The number of halogens is 1. The molecule has 0 radical (unpaired) electrons. The molecule has 1 heterocycles. The van der Waals surface area contributed by atoms with Crippen LogP contribution in [0.1, 0.15) is 35.0 Å². The van der Waals surface area contributed by atoms with E-state index >= 15 is 0 Å². The third kappa shape index (κ3) is 2.90. The Morgan fingerprint density at radius 2 is 2.15 bits per heavy atom. The highest BCUT2D eigenvalue weighted by molar-refractivity contribution is 9.10. The van der Waals surface area contributed by atoms with E-state index in [1.54, 1.807) is 11.3 Å². The van der Waals surface area contributed by atoms with Crippen LogP contribution in [-0.4, -0.2) is 12.0 Å². The number of rotatable bonds is 3. The number of fused-ring (bicyclic) bond motifs is 1. The molecule has 0 saturated carbocycles. The van der Waals surface area contributed by atoms with Crippen LogP contribution < -0.4 is 10.6 Å². The van der Waals surface area contributed by atoms with Crippen LogP contribution in [0.15, 0.2) is 28.7 Å². The molecular weight excluding hydrogens is 334 g/mol. The first kappa shape index (κ1) is 14.0. The molecule has 2 N–H and O–H groups in total. The zero-order valence-electron chi connectivity index (χ0n) is 11.5. The van der Waals surface area contributed by atoms with Crippen molar-refractivity contribution in [2.24, 2.45) is 5.73 Å². The first-order chi connectivity index (χ1) is 9.63. The van der Waals surface area contributed by atoms with Gasteiger partial charge in [-0.05, 0) is 37.0 Å². The molecule has 0 amide bonds. The number of anilines is 1. The van der Waals surface area contributed by atoms with Gasteiger partial charge in [-0.3, -0.25) is 0 Å². The van der Waals surface area contributed by atoms with Gasteiger partial charge in [-0.2, -0.15) is 0 Å². The summed E-state index contributed by atoms with van der Waals surface area (Å²) in [4.78, 5) is 8.26. The zero-order valence-corrected chi connectivity index (χ0v) is 13.9. The highest BCUT2D eigenvalue weighted by Crippen LogP contribution is 2.36. The Bertz CT molecular complexity index is 594. The molecule has 0 fully saturated rings. The lowest BCUT2D eigenvalue weighted by Gasteiger charge is -2.16. The van der Waals surface area contributed by atoms with E-state index in [4.69, 9.17) is 10.7 Å². The van der Waals surface area contributed by atoms with Crippen LogP contribution in [-0.2, 0) is 13.0 Å². The van der Waals surface area contributed by atoms with E-state index in [1.165, 1.54) is 16.1 Å². The number of hydrogen-bond donors (Lipinski definition) is 1. The van der Waals surface area contributed by atoms with Crippen molar-refractivity contribution in [3.63, 3.8) is 0 Å². The number of nitrogens with two attached hydrogens (primary N) is 1. The zero-order chi connectivity index (χ0) is 14.1. The fourth-order valence-electron chi connectivity index (χ4n) is 2.53. The average molecular weight is 352 g/mol. The number of thiazole rings is 1. The van der Waals surface area contributed by atoms with E-state index in [0.717, 1.165) is 35.4 Å². The summed E-state index contributed by atoms with van der Waals surface area (Å²) in [5.74, 6) is 0. The van der Waals surface area contributed by atoms with Crippen LogP contribution in [0.3, 0.4) is 0 Å². The van der Waals surface area contributed by atoms with Crippen LogP contribution in [0.2, 0.25) is 0 Å². The van der Waals surface area contributed by atoms with Crippen molar-refractivity contribution in [2.75, 3.05) is 11.9 Å². The van der Waals surface area contributed by atoms with E-state index in [-0.39, 0.29) is 6.04 Å². The van der Waals surface area contributed by atoms with Crippen LogP contribution in [0, 0.1) is 0 Å². The predicted molar refractivity (Wildman–Crippen MR) is 88.2 cm³/mol. The molecule has 2 aromatic rings. The summed E-state index contributed by atoms with van der Waals surface area (Å²) in [5.41, 5.74) is 8.68. The summed E-state index contributed by atoms with van der Waals surface area (Å²) in [6.45, 7) is 0.870. The van der Waals surface area contributed by atoms with Crippen LogP contribution in [0.5, 0.6) is 0 Å². The molecule has 20 heavy (non-hydrogen) atoms. The van der Waals surface area contributed by atoms with Gasteiger partial charge >= 0.3 is 0 Å². The minimum atomic E-state index is 0.186. The second-order valence-electron chi connectivity index (χ2n) is 5.29. The molecule has 1 aliphatic rings. The Balaban J connectivity index is 1.77. The standard InChI is InChI=1S/C15H18BrN3S/c1-19(9-10-5-7-11(16)8-6-10)15-18-13-4-2-3-12(17)14(13)20-15/h5-8,12H,2-4,9,17H2,1H3. The van der Waals surface area contributed by atoms with Gasteiger partial charge in [0.2, 0.25) is 0 Å². The summed E-state index contributed by atoms with van der Waals surface area (Å²) in [5, 5.41) is 1.08. The molecule has 0 bridgehead atoms. The monoisotopic (exact) mass is 351 g/mol. The minimum absolute atomic E-state index is 0.186. The maximum Gasteiger partial charge on any atom is 0.185 e. The van der Waals surface area contributed by atoms with Gasteiger partial charge < -0.3 is 10.6 Å². The Labute approximate surface area is 131 Å². The fraction of sp³-hybridized carbons (Fsp3) is 0.400. The van der Waals surface area contributed by atoms with Gasteiger partial charge in [0, 0.05) is 29.0 Å². The van der Waals surface area contributed by atoms with E-state index in [0.29, 0.717) is 0 Å². The molecule has 3 nitrogen and oxygen atoms in total. The van der Waals surface area contributed by atoms with Crippen molar-refractivity contribution in [1.29, 1.82) is 0 Å². The maximum absolute atomic E-state index is 6.18. The average Bonchev–Trinajstić information content (AvgIpc) is 2.87. The quantitative estimate of drug-likeness (QED) is 0.912. The molecule has 3 rings (SSSR count). The summed E-state index contributed by atoms with van der Waals surface area (Å²) in [6.07, 6.45) is 3.32. The van der Waals surface area contributed by atoms with E-state index in [2.05, 4.69) is 52.1 Å². The van der Waals surface area contributed by atoms with Crippen molar-refractivity contribution in [2.45, 2.75) is 31.8 Å². The van der Waals surface area contributed by atoms with Gasteiger partial charge in [0.25, 0.3) is 0 Å². The summed E-state index contributed by atoms with van der Waals surface area (Å²) in [6, 6.07) is 8.61. The summed E-state index contributed by atoms with van der Waals surface area (Å²) >= 11 is 5.22. The number of benzene rings is 1. The Hall–Kier alpha value is -0.910. The normalized spacial score (nSPS) is 17.9. The fourth-order valence-corrected chi connectivity index (χ4v) is 3.91. The predicted octanol–water partition coefficient (Wildman–Crippen LogP) is 3.88. The molecule has 1 unspecified atom stereocenters. The van der Waals surface area contributed by atoms with E-state index < -0.39 is 0 Å². The highest BCUT2D eigenvalue weighted by Gasteiger charge is 2.22. The Kier molecular flexibility index (Phi) is 4.10. The number of aryl methyl sites for hydroxylation is 1. The minimum Gasteiger partial charge on any atom is -0.347 e. The molecule has 106 valence electrons. The molecule has 0 aliphatic heterocycles. The third-order valence-electron chi connectivity index (χ3n) is 3.64. The van der Waals surface area contributed by atoms with Crippen molar-refractivity contribution in [3.05, 3.63) is 44.9 Å². The first-order valence-electron chi connectivity index (χ1n) is 6.84. The SMILES string of the molecule is CN(Cc1ccc(Br)cc1)c1nc2c(s1)C(N)CCC2. The lowest BCUT2D eigenvalue weighted by molar-refractivity contribution is 0.573. The third-order valence-corrected chi connectivity index (χ3v) is 5.51. The smallest absolute Gasteiger partial charge is 0.185 e. The molecule has 1 aromatic heterocycles. The van der Waals surface area contributed by atoms with Gasteiger partial charge in [-0.1, -0.05) is 39.4 Å². The topological polar surface area (TPSA) is 42.2 Å². The maximum atomic E-state index is 6.18. The summed E-state index contributed by atoms with van der Waals surface area (Å²) in [7, 11) is 2.10. The van der Waals surface area contributed by atoms with Crippen molar-refractivity contribution in [3.8, 4) is 0 Å². The molecule has 5 heteroatoms. The van der Waals surface area contributed by atoms with Crippen molar-refractivity contribution < 1.29 is 0 Å². The Morgan fingerprint density at radius 1 is 1.40 bits per heavy atom. The molecule has 1 aromatic carbocycles. The van der Waals surface area contributed by atoms with Crippen LogP contribution >= 0.6 is 27.3 Å².